The Kier molecular flexibility index (Phi) is 12.6. The van der Waals surface area contributed by atoms with Crippen LogP contribution in [0.25, 0.3) is 6.08 Å². The molecule has 232 valence electrons. The highest BCUT2D eigenvalue weighted by Crippen LogP contribution is 2.39. The van der Waals surface area contributed by atoms with Gasteiger partial charge in [-0.05, 0) is 51.9 Å². The maximum atomic E-state index is 7.24. The number of hydrogen-bond donors (Lipinski definition) is 1. The van der Waals surface area contributed by atoms with Gasteiger partial charge >= 0.3 is 0 Å². The minimum absolute atomic E-state index is 0.0172. The summed E-state index contributed by atoms with van der Waals surface area (Å²) in [7, 11) is -4.62. The molecular weight excluding hydrogens is 559 g/mol. The molecule has 0 aliphatic heterocycles. The molecule has 0 aliphatic carbocycles. The Morgan fingerprint density at radius 1 is 0.767 bits per heavy atom. The predicted molar refractivity (Wildman–Crippen MR) is 192 cm³/mol. The van der Waals surface area contributed by atoms with Crippen LogP contribution in [0, 0.1) is 0 Å². The largest absolute Gasteiger partial charge is 0.412 e. The second-order valence-electron chi connectivity index (χ2n) is 14.1. The van der Waals surface area contributed by atoms with Gasteiger partial charge in [-0.15, -0.1) is 6.58 Å². The molecule has 0 unspecified atom stereocenters. The first kappa shape index (κ1) is 34.9. The fraction of sp³-hybridized carbons (Fsp3) is 0.421. The molecule has 0 bridgehead atoms. The third kappa shape index (κ3) is 9.23. The second kappa shape index (κ2) is 15.4. The van der Waals surface area contributed by atoms with E-state index in [1.54, 1.807) is 0 Å². The third-order valence-electron chi connectivity index (χ3n) is 8.81. The van der Waals surface area contributed by atoms with Crippen LogP contribution in [0.4, 0.5) is 0 Å². The van der Waals surface area contributed by atoms with Gasteiger partial charge in [-0.1, -0.05) is 151 Å². The zero-order valence-corrected chi connectivity index (χ0v) is 29.9. The average molecular weight is 614 g/mol. The Morgan fingerprint density at radius 3 is 1.74 bits per heavy atom. The molecular formula is C38H55NO2Si2. The summed E-state index contributed by atoms with van der Waals surface area (Å²) in [5.41, 5.74) is 1.19. The van der Waals surface area contributed by atoms with Crippen LogP contribution in [0.2, 0.25) is 23.2 Å². The molecule has 0 fully saturated rings. The maximum Gasteiger partial charge on any atom is 0.261 e. The van der Waals surface area contributed by atoms with Crippen molar-refractivity contribution in [3.63, 3.8) is 0 Å². The second-order valence-corrected chi connectivity index (χ2v) is 23.1. The quantitative estimate of drug-likeness (QED) is 0.106. The van der Waals surface area contributed by atoms with Crippen molar-refractivity contribution in [1.82, 2.24) is 5.32 Å². The molecule has 0 radical (unpaired) electrons. The van der Waals surface area contributed by atoms with Crippen LogP contribution in [0.3, 0.4) is 0 Å². The number of nitrogens with one attached hydrogen (secondary N) is 1. The molecule has 1 N–H and O–H groups in total. The van der Waals surface area contributed by atoms with Gasteiger partial charge in [0, 0.05) is 13.2 Å². The number of rotatable bonds is 15. The van der Waals surface area contributed by atoms with Gasteiger partial charge in [0.1, 0.15) is 0 Å². The van der Waals surface area contributed by atoms with E-state index < -0.39 is 16.6 Å². The molecule has 0 amide bonds. The summed E-state index contributed by atoms with van der Waals surface area (Å²) in [6.45, 7) is 24.0. The number of benzene rings is 3. The summed E-state index contributed by atoms with van der Waals surface area (Å²) < 4.78 is 14.4. The smallest absolute Gasteiger partial charge is 0.261 e. The van der Waals surface area contributed by atoms with E-state index in [0.717, 1.165) is 19.4 Å². The molecule has 3 aromatic rings. The normalized spacial score (nSPS) is 14.5. The van der Waals surface area contributed by atoms with Gasteiger partial charge in [0.05, 0.1) is 12.1 Å². The Balaban J connectivity index is 1.91. The van der Waals surface area contributed by atoms with Crippen LogP contribution in [-0.2, 0) is 8.85 Å². The average Bonchev–Trinajstić information content (AvgIpc) is 2.97. The maximum absolute atomic E-state index is 7.24. The molecule has 3 rings (SSSR count). The molecule has 0 aliphatic rings. The van der Waals surface area contributed by atoms with Crippen molar-refractivity contribution in [3.8, 4) is 0 Å². The summed E-state index contributed by atoms with van der Waals surface area (Å²) >= 11 is 0. The molecule has 3 nitrogen and oxygen atoms in total. The van der Waals surface area contributed by atoms with Gasteiger partial charge in [-0.3, -0.25) is 0 Å². The van der Waals surface area contributed by atoms with Crippen molar-refractivity contribution < 1.29 is 8.85 Å². The van der Waals surface area contributed by atoms with Crippen molar-refractivity contribution in [2.45, 2.75) is 89.7 Å². The van der Waals surface area contributed by atoms with Crippen LogP contribution in [0.1, 0.15) is 59.9 Å². The van der Waals surface area contributed by atoms with Crippen LogP contribution in [0.15, 0.2) is 110 Å². The van der Waals surface area contributed by atoms with E-state index in [0.29, 0.717) is 6.61 Å². The molecule has 5 heteroatoms. The topological polar surface area (TPSA) is 30.5 Å². The van der Waals surface area contributed by atoms with E-state index in [-0.39, 0.29) is 22.2 Å². The van der Waals surface area contributed by atoms with Crippen LogP contribution in [0.5, 0.6) is 0 Å². The van der Waals surface area contributed by atoms with Gasteiger partial charge in [0.15, 0.2) is 8.32 Å². The van der Waals surface area contributed by atoms with E-state index in [9.17, 15) is 0 Å². The van der Waals surface area contributed by atoms with E-state index in [1.165, 1.54) is 15.9 Å². The van der Waals surface area contributed by atoms with Crippen molar-refractivity contribution in [2.75, 3.05) is 13.2 Å². The zero-order valence-electron chi connectivity index (χ0n) is 27.9. The van der Waals surface area contributed by atoms with Crippen molar-refractivity contribution in [2.24, 2.45) is 0 Å². The molecule has 0 aromatic heterocycles. The zero-order chi connectivity index (χ0) is 31.6. The Labute approximate surface area is 264 Å². The van der Waals surface area contributed by atoms with E-state index >= 15 is 0 Å². The SMILES string of the molecule is C=CCN[C@@H](/C=C/c1ccccc1)[C@@H](CCCO[Si](c1ccccc1)(c1ccccc1)C(C)(C)C)O[Si](C)(C)C(C)(C)C. The summed E-state index contributed by atoms with van der Waals surface area (Å²) in [6.07, 6.45) is 8.25. The lowest BCUT2D eigenvalue weighted by Crippen LogP contribution is -2.66. The molecule has 0 spiro atoms. The van der Waals surface area contributed by atoms with Crippen LogP contribution in [-0.4, -0.2) is 41.9 Å². The first-order valence-corrected chi connectivity index (χ1v) is 20.6. The Morgan fingerprint density at radius 2 is 1.28 bits per heavy atom. The summed E-state index contributed by atoms with van der Waals surface area (Å²) in [5, 5.41) is 6.42. The molecule has 0 saturated carbocycles. The lowest BCUT2D eigenvalue weighted by atomic mass is 10.0. The van der Waals surface area contributed by atoms with Crippen molar-refractivity contribution >= 4 is 33.1 Å². The first-order chi connectivity index (χ1) is 20.3. The minimum atomic E-state index is -2.58. The summed E-state index contributed by atoms with van der Waals surface area (Å²) in [6, 6.07) is 32.4. The van der Waals surface area contributed by atoms with E-state index in [2.05, 4.69) is 170 Å². The highest BCUT2D eigenvalue weighted by Gasteiger charge is 2.50. The Hall–Kier alpha value is -2.55. The van der Waals surface area contributed by atoms with Gasteiger partial charge in [-0.25, -0.2) is 0 Å². The standard InChI is InChI=1S/C38H55NO2Si2/c1-10-30-39-35(29-28-32-21-14-11-15-22-32)36(41-42(8,9)37(2,3)4)27-20-31-40-43(38(5,6)7,33-23-16-12-17-24-33)34-25-18-13-19-26-34/h10-19,21-26,28-29,35-36,39H,1,20,27,30-31H2,2-9H3/b29-28+/t35-,36+/m0/s1. The van der Waals surface area contributed by atoms with Crippen molar-refractivity contribution in [3.05, 3.63) is 115 Å². The van der Waals surface area contributed by atoms with Gasteiger partial charge in [0.2, 0.25) is 0 Å². The Bertz CT molecular complexity index is 1220. The monoisotopic (exact) mass is 613 g/mol. The fourth-order valence-corrected chi connectivity index (χ4v) is 11.4. The van der Waals surface area contributed by atoms with Gasteiger partial charge < -0.3 is 14.2 Å². The molecule has 3 aromatic carbocycles. The van der Waals surface area contributed by atoms with Crippen LogP contribution < -0.4 is 15.7 Å². The van der Waals surface area contributed by atoms with Gasteiger partial charge in [-0.2, -0.15) is 0 Å². The lowest BCUT2D eigenvalue weighted by Gasteiger charge is -2.43. The summed E-state index contributed by atoms with van der Waals surface area (Å²) in [5.74, 6) is 0. The van der Waals surface area contributed by atoms with Crippen molar-refractivity contribution in [1.29, 1.82) is 0 Å². The van der Waals surface area contributed by atoms with Crippen LogP contribution >= 0.6 is 0 Å². The summed E-state index contributed by atoms with van der Waals surface area (Å²) in [4.78, 5) is 0. The minimum Gasteiger partial charge on any atom is -0.412 e. The lowest BCUT2D eigenvalue weighted by molar-refractivity contribution is 0.135. The molecule has 0 heterocycles. The first-order valence-electron chi connectivity index (χ1n) is 15.8. The van der Waals surface area contributed by atoms with Gasteiger partial charge in [0.25, 0.3) is 8.32 Å². The fourth-order valence-electron chi connectivity index (χ4n) is 5.46. The predicted octanol–water partition coefficient (Wildman–Crippen LogP) is 8.59. The highest BCUT2D eigenvalue weighted by molar-refractivity contribution is 6.99. The highest BCUT2D eigenvalue weighted by atomic mass is 28.4. The number of hydrogen-bond acceptors (Lipinski definition) is 3. The van der Waals surface area contributed by atoms with E-state index in [1.807, 2.05) is 6.08 Å². The van der Waals surface area contributed by atoms with E-state index in [4.69, 9.17) is 8.85 Å². The molecule has 43 heavy (non-hydrogen) atoms. The third-order valence-corrected chi connectivity index (χ3v) is 18.4. The molecule has 2 atom stereocenters. The molecule has 0 saturated heterocycles.